The van der Waals surface area contributed by atoms with Crippen LogP contribution in [-0.4, -0.2) is 31.9 Å². The van der Waals surface area contributed by atoms with Crippen molar-refractivity contribution >= 4 is 33.3 Å². The third-order valence-electron chi connectivity index (χ3n) is 4.36. The summed E-state index contributed by atoms with van der Waals surface area (Å²) in [5.41, 5.74) is 0.919. The summed E-state index contributed by atoms with van der Waals surface area (Å²) >= 11 is 0. The molecule has 1 saturated heterocycles. The number of carboxylic acids is 1. The second kappa shape index (κ2) is 6.99. The summed E-state index contributed by atoms with van der Waals surface area (Å²) in [7, 11) is -3.94. The molecule has 27 heavy (non-hydrogen) atoms. The number of benzene rings is 2. The Hall–Kier alpha value is -2.94. The predicted molar refractivity (Wildman–Crippen MR) is 96.5 cm³/mol. The highest BCUT2D eigenvalue weighted by atomic mass is 32.2. The molecule has 0 aromatic heterocycles. The van der Waals surface area contributed by atoms with Crippen LogP contribution in [0.3, 0.4) is 0 Å². The van der Waals surface area contributed by atoms with E-state index in [9.17, 15) is 22.4 Å². The fraction of sp³-hybridized carbons (Fsp3) is 0.222. The van der Waals surface area contributed by atoms with Gasteiger partial charge >= 0.3 is 5.97 Å². The molecule has 1 aliphatic rings. The molecule has 2 aromatic rings. The van der Waals surface area contributed by atoms with Crippen LogP contribution in [0.5, 0.6) is 0 Å². The van der Waals surface area contributed by atoms with Crippen molar-refractivity contribution in [1.82, 2.24) is 0 Å². The van der Waals surface area contributed by atoms with E-state index in [0.717, 1.165) is 6.07 Å². The zero-order chi connectivity index (χ0) is 19.8. The molecule has 9 heteroatoms. The van der Waals surface area contributed by atoms with E-state index < -0.39 is 27.7 Å². The monoisotopic (exact) mass is 392 g/mol. The molecule has 142 valence electrons. The molecule has 0 spiro atoms. The van der Waals surface area contributed by atoms with E-state index in [4.69, 9.17) is 5.11 Å². The summed E-state index contributed by atoms with van der Waals surface area (Å²) in [6.07, 6.45) is -0.0874. The van der Waals surface area contributed by atoms with Gasteiger partial charge in [0.05, 0.1) is 16.5 Å². The van der Waals surface area contributed by atoms with Crippen LogP contribution >= 0.6 is 0 Å². The smallest absolute Gasteiger partial charge is 0.308 e. The first-order valence-electron chi connectivity index (χ1n) is 8.09. The van der Waals surface area contributed by atoms with E-state index in [1.165, 1.54) is 41.3 Å². The molecule has 3 rings (SSSR count). The normalized spacial score (nSPS) is 17.2. The fourth-order valence-electron chi connectivity index (χ4n) is 2.80. The van der Waals surface area contributed by atoms with E-state index in [0.29, 0.717) is 11.3 Å². The summed E-state index contributed by atoms with van der Waals surface area (Å²) < 4.78 is 40.8. The minimum atomic E-state index is -3.94. The highest BCUT2D eigenvalue weighted by Crippen LogP contribution is 2.27. The molecule has 1 fully saturated rings. The molecule has 1 unspecified atom stereocenters. The molecule has 1 amide bonds. The Bertz CT molecular complexity index is 1000. The van der Waals surface area contributed by atoms with Crippen molar-refractivity contribution in [1.29, 1.82) is 0 Å². The van der Waals surface area contributed by atoms with Gasteiger partial charge in [-0.15, -0.1) is 0 Å². The molecular formula is C18H17FN2O5S. The lowest BCUT2D eigenvalue weighted by Gasteiger charge is -2.16. The Morgan fingerprint density at radius 2 is 1.89 bits per heavy atom. The first-order chi connectivity index (χ1) is 12.7. The van der Waals surface area contributed by atoms with E-state index >= 15 is 0 Å². The Morgan fingerprint density at radius 1 is 1.22 bits per heavy atom. The van der Waals surface area contributed by atoms with E-state index in [1.807, 2.05) is 0 Å². The number of hydrogen-bond donors (Lipinski definition) is 2. The van der Waals surface area contributed by atoms with Crippen molar-refractivity contribution < 1.29 is 27.5 Å². The van der Waals surface area contributed by atoms with Crippen molar-refractivity contribution in [3.05, 3.63) is 53.8 Å². The number of carbonyl (C=O) groups is 2. The summed E-state index contributed by atoms with van der Waals surface area (Å²) in [6, 6.07) is 9.51. The van der Waals surface area contributed by atoms with Gasteiger partial charge in [-0.05, 0) is 48.9 Å². The number of amides is 1. The highest BCUT2D eigenvalue weighted by molar-refractivity contribution is 7.92. The van der Waals surface area contributed by atoms with Crippen LogP contribution in [0.2, 0.25) is 0 Å². The van der Waals surface area contributed by atoms with Gasteiger partial charge in [0.1, 0.15) is 5.82 Å². The van der Waals surface area contributed by atoms with Crippen LogP contribution in [0.25, 0.3) is 0 Å². The number of carbonyl (C=O) groups excluding carboxylic acids is 1. The number of anilines is 2. The topological polar surface area (TPSA) is 104 Å². The van der Waals surface area contributed by atoms with Crippen LogP contribution in [0, 0.1) is 18.7 Å². The Morgan fingerprint density at radius 3 is 2.44 bits per heavy atom. The number of aliphatic carboxylic acids is 1. The number of carboxylic acid groups (broad SMARTS) is 1. The molecule has 1 heterocycles. The van der Waals surface area contributed by atoms with Gasteiger partial charge in [-0.25, -0.2) is 12.8 Å². The maximum absolute atomic E-state index is 13.6. The number of nitrogens with one attached hydrogen (secondary N) is 1. The molecule has 2 N–H and O–H groups in total. The Kier molecular flexibility index (Phi) is 4.88. The maximum Gasteiger partial charge on any atom is 0.308 e. The SMILES string of the molecule is Cc1ccc(NS(=O)(=O)c2ccc(N3CC(C(=O)O)CC3=O)cc2)cc1F. The quantitative estimate of drug-likeness (QED) is 0.813. The average Bonchev–Trinajstić information content (AvgIpc) is 3.00. The minimum Gasteiger partial charge on any atom is -0.481 e. The molecule has 0 aliphatic carbocycles. The van der Waals surface area contributed by atoms with E-state index in [2.05, 4.69) is 4.72 Å². The summed E-state index contributed by atoms with van der Waals surface area (Å²) in [5.74, 6) is -2.67. The third kappa shape index (κ3) is 3.92. The molecule has 0 saturated carbocycles. The van der Waals surface area contributed by atoms with E-state index in [1.54, 1.807) is 6.92 Å². The summed E-state index contributed by atoms with van der Waals surface area (Å²) in [5, 5.41) is 9.03. The molecule has 0 bridgehead atoms. The van der Waals surface area contributed by atoms with Crippen molar-refractivity contribution in [2.45, 2.75) is 18.2 Å². The lowest BCUT2D eigenvalue weighted by atomic mass is 10.1. The van der Waals surface area contributed by atoms with E-state index in [-0.39, 0.29) is 29.5 Å². The molecule has 0 radical (unpaired) electrons. The maximum atomic E-state index is 13.6. The zero-order valence-corrected chi connectivity index (χ0v) is 15.2. The van der Waals surface area contributed by atoms with Gasteiger partial charge in [-0.3, -0.25) is 14.3 Å². The van der Waals surface area contributed by atoms with Crippen molar-refractivity contribution in [2.75, 3.05) is 16.2 Å². The van der Waals surface area contributed by atoms with Crippen LogP contribution in [0.15, 0.2) is 47.4 Å². The number of rotatable bonds is 5. The van der Waals surface area contributed by atoms with Crippen LogP contribution < -0.4 is 9.62 Å². The van der Waals surface area contributed by atoms with Gasteiger partial charge in [-0.1, -0.05) is 6.07 Å². The first kappa shape index (κ1) is 18.8. The lowest BCUT2D eigenvalue weighted by Crippen LogP contribution is -2.25. The minimum absolute atomic E-state index is 0.0428. The first-order valence-corrected chi connectivity index (χ1v) is 9.58. The Balaban J connectivity index is 1.79. The van der Waals surface area contributed by atoms with Crippen LogP contribution in [0.4, 0.5) is 15.8 Å². The Labute approximate surface area is 155 Å². The number of halogens is 1. The van der Waals surface area contributed by atoms with Gasteiger partial charge in [0.2, 0.25) is 5.91 Å². The second-order valence-corrected chi connectivity index (χ2v) is 7.99. The summed E-state index contributed by atoms with van der Waals surface area (Å²) in [4.78, 5) is 24.3. The molecule has 1 aliphatic heterocycles. The largest absolute Gasteiger partial charge is 0.481 e. The predicted octanol–water partition coefficient (Wildman–Crippen LogP) is 2.37. The van der Waals surface area contributed by atoms with Crippen molar-refractivity contribution in [3.63, 3.8) is 0 Å². The standard InChI is InChI=1S/C18H17FN2O5S/c1-11-2-3-13(9-16(11)19)20-27(25,26)15-6-4-14(5-7-15)21-10-12(18(23)24)8-17(21)22/h2-7,9,12,20H,8,10H2,1H3,(H,23,24). The molecule has 2 aromatic carbocycles. The number of nitrogens with zero attached hydrogens (tertiary/aromatic N) is 1. The third-order valence-corrected chi connectivity index (χ3v) is 5.75. The van der Waals surface area contributed by atoms with Gasteiger partial charge in [0.15, 0.2) is 0 Å². The highest BCUT2D eigenvalue weighted by Gasteiger charge is 2.35. The summed E-state index contributed by atoms with van der Waals surface area (Å²) in [6.45, 7) is 1.61. The van der Waals surface area contributed by atoms with Gasteiger partial charge in [0.25, 0.3) is 10.0 Å². The van der Waals surface area contributed by atoms with Crippen LogP contribution in [-0.2, 0) is 19.6 Å². The fourth-order valence-corrected chi connectivity index (χ4v) is 3.85. The molecular weight excluding hydrogens is 375 g/mol. The van der Waals surface area contributed by atoms with Gasteiger partial charge in [0, 0.05) is 18.7 Å². The number of sulfonamides is 1. The van der Waals surface area contributed by atoms with Gasteiger partial charge in [-0.2, -0.15) is 0 Å². The lowest BCUT2D eigenvalue weighted by molar-refractivity contribution is -0.141. The van der Waals surface area contributed by atoms with Crippen molar-refractivity contribution in [3.8, 4) is 0 Å². The van der Waals surface area contributed by atoms with Crippen molar-refractivity contribution in [2.24, 2.45) is 5.92 Å². The molecule has 1 atom stereocenters. The molecule has 7 nitrogen and oxygen atoms in total. The van der Waals surface area contributed by atoms with Gasteiger partial charge < -0.3 is 10.0 Å². The average molecular weight is 392 g/mol. The zero-order valence-electron chi connectivity index (χ0n) is 14.3. The van der Waals surface area contributed by atoms with Crippen LogP contribution in [0.1, 0.15) is 12.0 Å². The number of aryl methyl sites for hydroxylation is 1. The number of hydrogen-bond acceptors (Lipinski definition) is 4. The second-order valence-electron chi connectivity index (χ2n) is 6.31.